The maximum atomic E-state index is 12.0. The molecule has 0 aromatic carbocycles. The largest absolute Gasteiger partial charge is 0.381 e. The Hall–Kier alpha value is -0.170. The van der Waals surface area contributed by atoms with E-state index in [0.717, 1.165) is 32.6 Å². The summed E-state index contributed by atoms with van der Waals surface area (Å²) in [6, 6.07) is 0.406. The molecule has 1 aliphatic rings. The number of hydrogen-bond acceptors (Lipinski definition) is 4. The first-order valence-corrected chi connectivity index (χ1v) is 8.87. The fourth-order valence-corrected chi connectivity index (χ4v) is 3.71. The highest BCUT2D eigenvalue weighted by Gasteiger charge is 2.24. The van der Waals surface area contributed by atoms with Crippen molar-refractivity contribution in [1.82, 2.24) is 10.0 Å². The number of rotatable bonds is 8. The maximum Gasteiger partial charge on any atom is 0.211 e. The van der Waals surface area contributed by atoms with Crippen LogP contribution < -0.4 is 10.0 Å². The quantitative estimate of drug-likeness (QED) is 0.658. The fraction of sp³-hybridized carbons (Fsp3) is 1.00. The van der Waals surface area contributed by atoms with Gasteiger partial charge in [0.25, 0.3) is 0 Å². The molecule has 1 rings (SSSR count). The van der Waals surface area contributed by atoms with Crippen molar-refractivity contribution in [3.05, 3.63) is 0 Å². The first kappa shape index (κ1) is 16.9. The lowest BCUT2D eigenvalue weighted by Crippen LogP contribution is -2.41. The van der Waals surface area contributed by atoms with Crippen molar-refractivity contribution < 1.29 is 13.2 Å². The Kier molecular flexibility index (Phi) is 7.28. The summed E-state index contributed by atoms with van der Waals surface area (Å²) in [6.45, 7) is 8.30. The van der Waals surface area contributed by atoms with Crippen molar-refractivity contribution in [2.75, 3.05) is 25.5 Å². The lowest BCUT2D eigenvalue weighted by atomic mass is 9.94. The molecule has 0 aromatic rings. The van der Waals surface area contributed by atoms with Crippen LogP contribution in [0.25, 0.3) is 0 Å². The predicted octanol–water partition coefficient (Wildman–Crippen LogP) is 1.11. The molecule has 0 radical (unpaired) electrons. The monoisotopic (exact) mass is 292 g/mol. The van der Waals surface area contributed by atoms with E-state index in [4.69, 9.17) is 4.74 Å². The average molecular weight is 292 g/mol. The Labute approximate surface area is 117 Å². The van der Waals surface area contributed by atoms with Gasteiger partial charge in [0, 0.05) is 25.3 Å². The van der Waals surface area contributed by atoms with Crippen molar-refractivity contribution >= 4 is 10.0 Å². The van der Waals surface area contributed by atoms with Gasteiger partial charge in [0.1, 0.15) is 0 Å². The number of ether oxygens (including phenoxy) is 1. The van der Waals surface area contributed by atoms with Gasteiger partial charge < -0.3 is 10.1 Å². The Balaban J connectivity index is 2.28. The van der Waals surface area contributed by atoms with Crippen LogP contribution in [0.4, 0.5) is 0 Å². The Morgan fingerprint density at radius 2 is 1.84 bits per heavy atom. The number of sulfonamides is 1. The van der Waals surface area contributed by atoms with Gasteiger partial charge in [0.2, 0.25) is 10.0 Å². The van der Waals surface area contributed by atoms with Crippen molar-refractivity contribution in [2.45, 2.75) is 52.1 Å². The van der Waals surface area contributed by atoms with E-state index in [0.29, 0.717) is 18.4 Å². The summed E-state index contributed by atoms with van der Waals surface area (Å²) in [4.78, 5) is 0. The molecular weight excluding hydrogens is 264 g/mol. The lowest BCUT2D eigenvalue weighted by Gasteiger charge is -2.28. The molecule has 1 saturated heterocycles. The zero-order valence-corrected chi connectivity index (χ0v) is 13.1. The van der Waals surface area contributed by atoms with E-state index in [9.17, 15) is 8.42 Å². The van der Waals surface area contributed by atoms with Crippen LogP contribution in [-0.2, 0) is 14.8 Å². The van der Waals surface area contributed by atoms with Crippen LogP contribution in [0.5, 0.6) is 0 Å². The molecule has 2 N–H and O–H groups in total. The van der Waals surface area contributed by atoms with E-state index in [2.05, 4.69) is 23.9 Å². The van der Waals surface area contributed by atoms with E-state index in [-0.39, 0.29) is 11.8 Å². The summed E-state index contributed by atoms with van der Waals surface area (Å²) in [5.41, 5.74) is 0. The van der Waals surface area contributed by atoms with E-state index < -0.39 is 10.0 Å². The molecule has 0 aromatic heterocycles. The summed E-state index contributed by atoms with van der Waals surface area (Å²) < 4.78 is 32.0. The Bertz CT molecular complexity index is 338. The first-order valence-electron chi connectivity index (χ1n) is 7.22. The molecule has 0 spiro atoms. The molecule has 6 heteroatoms. The minimum Gasteiger partial charge on any atom is -0.381 e. The van der Waals surface area contributed by atoms with Gasteiger partial charge in [0.15, 0.2) is 0 Å². The van der Waals surface area contributed by atoms with Crippen LogP contribution in [0.2, 0.25) is 0 Å². The van der Waals surface area contributed by atoms with Gasteiger partial charge in [-0.1, -0.05) is 13.8 Å². The summed E-state index contributed by atoms with van der Waals surface area (Å²) in [7, 11) is -3.16. The zero-order valence-electron chi connectivity index (χ0n) is 12.3. The minimum absolute atomic E-state index is 0.00644. The Morgan fingerprint density at radius 1 is 1.21 bits per heavy atom. The second kappa shape index (κ2) is 8.19. The van der Waals surface area contributed by atoms with Crippen molar-refractivity contribution in [3.63, 3.8) is 0 Å². The topological polar surface area (TPSA) is 67.4 Å². The van der Waals surface area contributed by atoms with Crippen LogP contribution >= 0.6 is 0 Å². The normalized spacial score (nSPS) is 19.8. The van der Waals surface area contributed by atoms with Crippen LogP contribution in [0.15, 0.2) is 0 Å². The van der Waals surface area contributed by atoms with E-state index in [1.165, 1.54) is 0 Å². The molecule has 0 saturated carbocycles. The highest BCUT2D eigenvalue weighted by Crippen LogP contribution is 2.19. The molecule has 1 unspecified atom stereocenters. The fourth-order valence-electron chi connectivity index (χ4n) is 2.31. The number of hydrogen-bond donors (Lipinski definition) is 2. The van der Waals surface area contributed by atoms with Gasteiger partial charge in [-0.15, -0.1) is 0 Å². The molecule has 0 aliphatic carbocycles. The van der Waals surface area contributed by atoms with Gasteiger partial charge in [-0.3, -0.25) is 0 Å². The summed E-state index contributed by atoms with van der Waals surface area (Å²) in [6.07, 6.45) is 2.53. The third kappa shape index (κ3) is 7.25. The lowest BCUT2D eigenvalue weighted by molar-refractivity contribution is 0.0585. The molecule has 19 heavy (non-hydrogen) atoms. The van der Waals surface area contributed by atoms with Crippen LogP contribution in [0, 0.1) is 5.92 Å². The van der Waals surface area contributed by atoms with Crippen molar-refractivity contribution in [2.24, 2.45) is 5.92 Å². The van der Waals surface area contributed by atoms with Gasteiger partial charge >= 0.3 is 0 Å². The molecule has 114 valence electrons. The highest BCUT2D eigenvalue weighted by atomic mass is 32.2. The molecule has 1 atom stereocenters. The van der Waals surface area contributed by atoms with Crippen molar-refractivity contribution in [1.29, 1.82) is 0 Å². The molecule has 0 amide bonds. The van der Waals surface area contributed by atoms with Crippen LogP contribution in [0.1, 0.15) is 40.0 Å². The number of nitrogens with one attached hydrogen (secondary N) is 2. The molecule has 1 heterocycles. The second-order valence-corrected chi connectivity index (χ2v) is 7.51. The average Bonchev–Trinajstić information content (AvgIpc) is 2.35. The van der Waals surface area contributed by atoms with Gasteiger partial charge in [-0.25, -0.2) is 13.1 Å². The molecule has 0 bridgehead atoms. The van der Waals surface area contributed by atoms with Gasteiger partial charge in [0.05, 0.1) is 5.75 Å². The van der Waals surface area contributed by atoms with Crippen LogP contribution in [-0.4, -0.2) is 46.0 Å². The molecular formula is C13H28N2O3S. The van der Waals surface area contributed by atoms with Gasteiger partial charge in [-0.2, -0.15) is 0 Å². The predicted molar refractivity (Wildman–Crippen MR) is 77.7 cm³/mol. The van der Waals surface area contributed by atoms with E-state index in [1.54, 1.807) is 0 Å². The maximum absolute atomic E-state index is 12.0. The smallest absolute Gasteiger partial charge is 0.211 e. The third-order valence-corrected chi connectivity index (χ3v) is 5.04. The van der Waals surface area contributed by atoms with Crippen molar-refractivity contribution in [3.8, 4) is 0 Å². The van der Waals surface area contributed by atoms with E-state index >= 15 is 0 Å². The van der Waals surface area contributed by atoms with E-state index in [1.807, 2.05) is 6.92 Å². The SMILES string of the molecule is CC(C)NCCCS(=O)(=O)NC(C)C1CCOCC1. The molecule has 5 nitrogen and oxygen atoms in total. The second-order valence-electron chi connectivity index (χ2n) is 5.64. The summed E-state index contributed by atoms with van der Waals surface area (Å²) in [5.74, 6) is 0.595. The summed E-state index contributed by atoms with van der Waals surface area (Å²) in [5, 5.41) is 3.23. The molecule has 1 fully saturated rings. The minimum atomic E-state index is -3.16. The standard InChI is InChI=1S/C13H28N2O3S/c1-11(2)14-7-4-10-19(16,17)15-12(3)13-5-8-18-9-6-13/h11-15H,4-10H2,1-3H3. The highest BCUT2D eigenvalue weighted by molar-refractivity contribution is 7.89. The zero-order chi connectivity index (χ0) is 14.3. The molecule has 1 aliphatic heterocycles. The Morgan fingerprint density at radius 3 is 2.42 bits per heavy atom. The van der Waals surface area contributed by atoms with Gasteiger partial charge in [-0.05, 0) is 38.6 Å². The first-order chi connectivity index (χ1) is 8.91. The summed E-state index contributed by atoms with van der Waals surface area (Å²) >= 11 is 0. The third-order valence-electron chi connectivity index (χ3n) is 3.48. The van der Waals surface area contributed by atoms with Crippen LogP contribution in [0.3, 0.4) is 0 Å².